The van der Waals surface area contributed by atoms with Crippen LogP contribution in [0.25, 0.3) is 16.9 Å². The Kier molecular flexibility index (Phi) is 3.85. The van der Waals surface area contributed by atoms with E-state index in [1.807, 2.05) is 16.8 Å². The van der Waals surface area contributed by atoms with Gasteiger partial charge in [0.25, 0.3) is 0 Å². The third kappa shape index (κ3) is 2.51. The number of fused-ring (bicyclic) bond motifs is 1. The van der Waals surface area contributed by atoms with Gasteiger partial charge in [-0.1, -0.05) is 18.2 Å². The first kappa shape index (κ1) is 15.3. The van der Waals surface area contributed by atoms with Gasteiger partial charge in [0.15, 0.2) is 5.65 Å². The summed E-state index contributed by atoms with van der Waals surface area (Å²) in [5.74, 6) is 0. The highest BCUT2D eigenvalue weighted by atomic mass is 15.3. The van der Waals surface area contributed by atoms with Gasteiger partial charge in [-0.3, -0.25) is 4.90 Å². The fourth-order valence-corrected chi connectivity index (χ4v) is 3.76. The lowest BCUT2D eigenvalue weighted by Crippen LogP contribution is -2.23. The first-order chi connectivity index (χ1) is 11.6. The van der Waals surface area contributed by atoms with Crippen LogP contribution in [0.15, 0.2) is 36.5 Å². The fraction of sp³-hybridized carbons (Fsp3) is 0.400. The Bertz CT molecular complexity index is 874. The zero-order chi connectivity index (χ0) is 16.7. The van der Waals surface area contributed by atoms with Gasteiger partial charge in [-0.05, 0) is 63.9 Å². The molecule has 4 nitrogen and oxygen atoms in total. The summed E-state index contributed by atoms with van der Waals surface area (Å²) >= 11 is 0. The predicted octanol–water partition coefficient (Wildman–Crippen LogP) is 4.17. The minimum atomic E-state index is 0.462. The molecule has 4 rings (SSSR count). The number of hydrogen-bond acceptors (Lipinski definition) is 3. The second-order valence-corrected chi connectivity index (χ2v) is 6.82. The number of aromatic nitrogens is 3. The molecule has 0 N–H and O–H groups in total. The monoisotopic (exact) mass is 320 g/mol. The fourth-order valence-electron chi connectivity index (χ4n) is 3.76. The molecule has 0 aliphatic carbocycles. The Morgan fingerprint density at radius 1 is 1.08 bits per heavy atom. The molecule has 0 amide bonds. The van der Waals surface area contributed by atoms with Crippen LogP contribution in [0.2, 0.25) is 0 Å². The van der Waals surface area contributed by atoms with Crippen molar-refractivity contribution >= 4 is 5.65 Å². The number of rotatable bonds is 3. The summed E-state index contributed by atoms with van der Waals surface area (Å²) in [5, 5.41) is 4.49. The maximum atomic E-state index is 4.63. The van der Waals surface area contributed by atoms with Crippen LogP contribution in [0, 0.1) is 13.8 Å². The average molecular weight is 320 g/mol. The van der Waals surface area contributed by atoms with Crippen molar-refractivity contribution in [1.29, 1.82) is 0 Å². The van der Waals surface area contributed by atoms with Gasteiger partial charge in [0.1, 0.15) is 0 Å². The summed E-state index contributed by atoms with van der Waals surface area (Å²) in [6.45, 7) is 8.95. The van der Waals surface area contributed by atoms with Gasteiger partial charge < -0.3 is 0 Å². The molecule has 1 aliphatic rings. The van der Waals surface area contributed by atoms with E-state index in [1.54, 1.807) is 0 Å². The van der Waals surface area contributed by atoms with Gasteiger partial charge in [0.2, 0.25) is 0 Å². The topological polar surface area (TPSA) is 33.4 Å². The number of hydrogen-bond donors (Lipinski definition) is 0. The van der Waals surface area contributed by atoms with Crippen molar-refractivity contribution in [3.63, 3.8) is 0 Å². The highest BCUT2D eigenvalue weighted by Crippen LogP contribution is 2.30. The van der Waals surface area contributed by atoms with Gasteiger partial charge >= 0.3 is 0 Å². The van der Waals surface area contributed by atoms with E-state index in [2.05, 4.69) is 60.0 Å². The van der Waals surface area contributed by atoms with Gasteiger partial charge in [-0.2, -0.15) is 5.10 Å². The first-order valence-electron chi connectivity index (χ1n) is 8.80. The number of benzene rings is 1. The average Bonchev–Trinajstić information content (AvgIpc) is 3.27. The minimum Gasteiger partial charge on any atom is -0.297 e. The Morgan fingerprint density at radius 3 is 2.67 bits per heavy atom. The van der Waals surface area contributed by atoms with Crippen LogP contribution >= 0.6 is 0 Å². The second-order valence-electron chi connectivity index (χ2n) is 6.82. The molecule has 1 aliphatic heterocycles. The van der Waals surface area contributed by atoms with E-state index in [-0.39, 0.29) is 0 Å². The van der Waals surface area contributed by atoms with Crippen LogP contribution in [0.1, 0.15) is 42.6 Å². The second kappa shape index (κ2) is 6.02. The maximum absolute atomic E-state index is 4.63. The zero-order valence-electron chi connectivity index (χ0n) is 14.7. The summed E-state index contributed by atoms with van der Waals surface area (Å²) < 4.78 is 1.96. The van der Waals surface area contributed by atoms with Crippen LogP contribution in [0.5, 0.6) is 0 Å². The Morgan fingerprint density at radius 2 is 1.88 bits per heavy atom. The third-order valence-electron chi connectivity index (χ3n) is 5.35. The lowest BCUT2D eigenvalue weighted by atomic mass is 10.00. The molecular weight excluding hydrogens is 296 g/mol. The number of aryl methyl sites for hydroxylation is 1. The van der Waals surface area contributed by atoms with Crippen molar-refractivity contribution in [2.24, 2.45) is 0 Å². The van der Waals surface area contributed by atoms with Crippen molar-refractivity contribution in [3.05, 3.63) is 53.3 Å². The largest absolute Gasteiger partial charge is 0.297 e. The standard InChI is InChI=1S/C20H24N4/c1-14-15(2)22-19-9-10-21-24(19)20(14)18-8-6-7-17(13-18)16(3)23-11-4-5-12-23/h6-10,13,16H,4-5,11-12H2,1-3H3. The highest BCUT2D eigenvalue weighted by molar-refractivity contribution is 5.67. The SMILES string of the molecule is Cc1nc2ccnn2c(-c2cccc(C(C)N3CCCC3)c2)c1C. The molecule has 1 atom stereocenters. The lowest BCUT2D eigenvalue weighted by molar-refractivity contribution is 0.263. The van der Waals surface area contributed by atoms with Gasteiger partial charge in [-0.25, -0.2) is 9.50 Å². The highest BCUT2D eigenvalue weighted by Gasteiger charge is 2.20. The molecule has 4 heteroatoms. The third-order valence-corrected chi connectivity index (χ3v) is 5.35. The Labute approximate surface area is 143 Å². The van der Waals surface area contributed by atoms with Gasteiger partial charge in [0, 0.05) is 23.4 Å². The van der Waals surface area contributed by atoms with E-state index in [0.29, 0.717) is 6.04 Å². The van der Waals surface area contributed by atoms with Crippen LogP contribution in [-0.2, 0) is 0 Å². The van der Waals surface area contributed by atoms with E-state index in [9.17, 15) is 0 Å². The maximum Gasteiger partial charge on any atom is 0.155 e. The molecule has 1 unspecified atom stereocenters. The quantitative estimate of drug-likeness (QED) is 0.726. The zero-order valence-corrected chi connectivity index (χ0v) is 14.7. The van der Waals surface area contributed by atoms with Crippen molar-refractivity contribution in [2.45, 2.75) is 39.7 Å². The summed E-state index contributed by atoms with van der Waals surface area (Å²) in [5.41, 5.74) is 6.91. The Balaban J connectivity index is 1.82. The Hall–Kier alpha value is -2.20. The molecule has 0 bridgehead atoms. The number of likely N-dealkylation sites (tertiary alicyclic amines) is 1. The molecule has 3 aromatic rings. The van der Waals surface area contributed by atoms with Crippen LogP contribution in [-0.4, -0.2) is 32.6 Å². The molecule has 3 heterocycles. The normalized spacial score (nSPS) is 16.8. The molecule has 24 heavy (non-hydrogen) atoms. The summed E-state index contributed by atoms with van der Waals surface area (Å²) in [6.07, 6.45) is 4.46. The predicted molar refractivity (Wildman–Crippen MR) is 97.1 cm³/mol. The van der Waals surface area contributed by atoms with Crippen molar-refractivity contribution in [3.8, 4) is 11.3 Å². The molecule has 124 valence electrons. The van der Waals surface area contributed by atoms with E-state index in [1.165, 1.54) is 42.6 Å². The van der Waals surface area contributed by atoms with Crippen LogP contribution < -0.4 is 0 Å². The van der Waals surface area contributed by atoms with E-state index < -0.39 is 0 Å². The van der Waals surface area contributed by atoms with Crippen molar-refractivity contribution in [2.75, 3.05) is 13.1 Å². The number of nitrogens with zero attached hydrogens (tertiary/aromatic N) is 4. The molecule has 1 aromatic carbocycles. The molecular formula is C20H24N4. The smallest absolute Gasteiger partial charge is 0.155 e. The van der Waals surface area contributed by atoms with E-state index in [0.717, 1.165) is 17.0 Å². The molecule has 2 aromatic heterocycles. The molecule has 1 fully saturated rings. The van der Waals surface area contributed by atoms with E-state index >= 15 is 0 Å². The summed E-state index contributed by atoms with van der Waals surface area (Å²) in [7, 11) is 0. The van der Waals surface area contributed by atoms with E-state index in [4.69, 9.17) is 0 Å². The van der Waals surface area contributed by atoms with Gasteiger partial charge in [0.05, 0.1) is 11.9 Å². The first-order valence-corrected chi connectivity index (χ1v) is 8.80. The summed E-state index contributed by atoms with van der Waals surface area (Å²) in [6, 6.07) is 11.4. The van der Waals surface area contributed by atoms with Crippen LogP contribution in [0.4, 0.5) is 0 Å². The van der Waals surface area contributed by atoms with Crippen LogP contribution in [0.3, 0.4) is 0 Å². The van der Waals surface area contributed by atoms with Crippen molar-refractivity contribution < 1.29 is 0 Å². The van der Waals surface area contributed by atoms with Gasteiger partial charge in [-0.15, -0.1) is 0 Å². The minimum absolute atomic E-state index is 0.462. The molecule has 0 radical (unpaired) electrons. The molecule has 0 spiro atoms. The lowest BCUT2D eigenvalue weighted by Gasteiger charge is -2.24. The molecule has 0 saturated carbocycles. The molecule has 1 saturated heterocycles. The van der Waals surface area contributed by atoms with Crippen molar-refractivity contribution in [1.82, 2.24) is 19.5 Å². The summed E-state index contributed by atoms with van der Waals surface area (Å²) in [4.78, 5) is 7.21.